The SMILES string of the molecule is CCc1ccc(-n2ncc(-c3cc(C(=O)Nc4cc(C)ccc4OC)c4ccccc4n3)c2C)cc1. The molecule has 0 saturated heterocycles. The van der Waals surface area contributed by atoms with E-state index in [9.17, 15) is 4.79 Å². The first-order chi connectivity index (χ1) is 17.5. The second-order valence-electron chi connectivity index (χ2n) is 8.81. The zero-order valence-corrected chi connectivity index (χ0v) is 20.9. The van der Waals surface area contributed by atoms with Crippen LogP contribution in [0.15, 0.2) is 79.0 Å². The standard InChI is InChI=1S/C30H28N4O2/c1-5-21-11-13-22(14-12-21)34-20(3)25(18-31-34)27-17-24(23-8-6-7-9-26(23)32-27)30(35)33-28-16-19(2)10-15-29(28)36-4/h6-18H,5H2,1-4H3,(H,33,35). The molecule has 0 radical (unpaired) electrons. The number of hydrogen-bond acceptors (Lipinski definition) is 4. The van der Waals surface area contributed by atoms with Gasteiger partial charge in [0, 0.05) is 10.9 Å². The molecule has 5 rings (SSSR count). The summed E-state index contributed by atoms with van der Waals surface area (Å²) in [5.74, 6) is 0.387. The minimum atomic E-state index is -0.223. The highest BCUT2D eigenvalue weighted by atomic mass is 16.5. The Hall–Kier alpha value is -4.45. The third kappa shape index (κ3) is 4.33. The van der Waals surface area contributed by atoms with E-state index in [1.807, 2.05) is 73.3 Å². The third-order valence-electron chi connectivity index (χ3n) is 6.44. The topological polar surface area (TPSA) is 69.0 Å². The number of hydrogen-bond donors (Lipinski definition) is 1. The number of nitrogens with zero attached hydrogens (tertiary/aromatic N) is 3. The van der Waals surface area contributed by atoms with Crippen molar-refractivity contribution in [2.24, 2.45) is 0 Å². The summed E-state index contributed by atoms with van der Waals surface area (Å²) in [5.41, 5.74) is 7.74. The molecule has 6 heteroatoms. The van der Waals surface area contributed by atoms with Gasteiger partial charge in [0.1, 0.15) is 5.75 Å². The minimum Gasteiger partial charge on any atom is -0.495 e. The molecule has 2 aromatic heterocycles. The predicted octanol–water partition coefficient (Wildman–Crippen LogP) is 6.53. The second-order valence-corrected chi connectivity index (χ2v) is 8.81. The van der Waals surface area contributed by atoms with Gasteiger partial charge in [-0.1, -0.05) is 43.3 Å². The van der Waals surface area contributed by atoms with E-state index in [-0.39, 0.29) is 5.91 Å². The smallest absolute Gasteiger partial charge is 0.256 e. The maximum absolute atomic E-state index is 13.5. The van der Waals surface area contributed by atoms with Crippen molar-refractivity contribution in [3.63, 3.8) is 0 Å². The highest BCUT2D eigenvalue weighted by molar-refractivity contribution is 6.13. The van der Waals surface area contributed by atoms with Crippen molar-refractivity contribution in [1.29, 1.82) is 0 Å². The summed E-state index contributed by atoms with van der Waals surface area (Å²) in [4.78, 5) is 18.4. The molecule has 3 aromatic carbocycles. The normalized spacial score (nSPS) is 11.0. The highest BCUT2D eigenvalue weighted by Gasteiger charge is 2.18. The van der Waals surface area contributed by atoms with Gasteiger partial charge in [-0.15, -0.1) is 0 Å². The van der Waals surface area contributed by atoms with Crippen LogP contribution in [0.3, 0.4) is 0 Å². The number of nitrogens with one attached hydrogen (secondary N) is 1. The number of pyridine rings is 1. The Morgan fingerprint density at radius 1 is 1.00 bits per heavy atom. The van der Waals surface area contributed by atoms with E-state index >= 15 is 0 Å². The van der Waals surface area contributed by atoms with Gasteiger partial charge in [-0.05, 0) is 67.8 Å². The van der Waals surface area contributed by atoms with E-state index in [0.29, 0.717) is 22.7 Å². The van der Waals surface area contributed by atoms with E-state index in [1.165, 1.54) is 5.56 Å². The van der Waals surface area contributed by atoms with Crippen LogP contribution in [0.25, 0.3) is 27.8 Å². The van der Waals surface area contributed by atoms with Crippen molar-refractivity contribution < 1.29 is 9.53 Å². The van der Waals surface area contributed by atoms with Crippen LogP contribution in [0.2, 0.25) is 0 Å². The van der Waals surface area contributed by atoms with Gasteiger partial charge in [-0.25, -0.2) is 9.67 Å². The number of aromatic nitrogens is 3. The van der Waals surface area contributed by atoms with Crippen molar-refractivity contribution in [1.82, 2.24) is 14.8 Å². The van der Waals surface area contributed by atoms with E-state index in [4.69, 9.17) is 9.72 Å². The quantitative estimate of drug-likeness (QED) is 0.303. The van der Waals surface area contributed by atoms with E-state index < -0.39 is 0 Å². The fourth-order valence-electron chi connectivity index (χ4n) is 4.40. The molecule has 0 atom stereocenters. The van der Waals surface area contributed by atoms with Gasteiger partial charge in [0.15, 0.2) is 0 Å². The first-order valence-electron chi connectivity index (χ1n) is 12.0. The monoisotopic (exact) mass is 476 g/mol. The zero-order valence-electron chi connectivity index (χ0n) is 20.9. The molecule has 6 nitrogen and oxygen atoms in total. The minimum absolute atomic E-state index is 0.223. The van der Waals surface area contributed by atoms with Gasteiger partial charge in [0.25, 0.3) is 5.91 Å². The lowest BCUT2D eigenvalue weighted by Crippen LogP contribution is -2.14. The van der Waals surface area contributed by atoms with Crippen molar-refractivity contribution in [2.75, 3.05) is 12.4 Å². The summed E-state index contributed by atoms with van der Waals surface area (Å²) in [6.07, 6.45) is 2.80. The number of fused-ring (bicyclic) bond motifs is 1. The number of rotatable bonds is 6. The Bertz CT molecular complexity index is 1570. The number of aryl methyl sites for hydroxylation is 2. The maximum atomic E-state index is 13.5. The molecule has 0 spiro atoms. The average molecular weight is 477 g/mol. The van der Waals surface area contributed by atoms with Gasteiger partial charge in [-0.2, -0.15) is 5.10 Å². The van der Waals surface area contributed by atoms with Gasteiger partial charge in [-0.3, -0.25) is 4.79 Å². The van der Waals surface area contributed by atoms with Crippen LogP contribution in [0.1, 0.15) is 34.1 Å². The Balaban J connectivity index is 1.57. The average Bonchev–Trinajstić information content (AvgIpc) is 3.29. The van der Waals surface area contributed by atoms with Crippen LogP contribution in [-0.2, 0) is 6.42 Å². The van der Waals surface area contributed by atoms with Crippen LogP contribution in [0, 0.1) is 13.8 Å². The first kappa shape index (κ1) is 23.3. The number of methoxy groups -OCH3 is 1. The number of amides is 1. The number of para-hydroxylation sites is 1. The number of carbonyl (C=O) groups excluding carboxylic acids is 1. The van der Waals surface area contributed by atoms with E-state index in [2.05, 4.69) is 41.6 Å². The van der Waals surface area contributed by atoms with Crippen LogP contribution >= 0.6 is 0 Å². The lowest BCUT2D eigenvalue weighted by Gasteiger charge is -2.13. The lowest BCUT2D eigenvalue weighted by atomic mass is 10.0. The van der Waals surface area contributed by atoms with Crippen LogP contribution in [0.5, 0.6) is 5.75 Å². The third-order valence-corrected chi connectivity index (χ3v) is 6.44. The molecule has 180 valence electrons. The molecular weight excluding hydrogens is 448 g/mol. The van der Waals surface area contributed by atoms with Crippen molar-refractivity contribution >= 4 is 22.5 Å². The Morgan fingerprint density at radius 2 is 1.78 bits per heavy atom. The lowest BCUT2D eigenvalue weighted by molar-refractivity contribution is 0.102. The maximum Gasteiger partial charge on any atom is 0.256 e. The molecule has 0 bridgehead atoms. The summed E-state index contributed by atoms with van der Waals surface area (Å²) in [7, 11) is 1.59. The summed E-state index contributed by atoms with van der Waals surface area (Å²) in [6, 6.07) is 23.6. The summed E-state index contributed by atoms with van der Waals surface area (Å²) in [5, 5.41) is 8.45. The number of ether oxygens (including phenoxy) is 1. The fraction of sp³-hybridized carbons (Fsp3) is 0.167. The fourth-order valence-corrected chi connectivity index (χ4v) is 4.40. The Labute approximate surface area is 210 Å². The molecule has 1 N–H and O–H groups in total. The van der Waals surface area contributed by atoms with Gasteiger partial charge >= 0.3 is 0 Å². The molecule has 0 unspecified atom stereocenters. The zero-order chi connectivity index (χ0) is 25.2. The first-order valence-corrected chi connectivity index (χ1v) is 12.0. The molecule has 1 amide bonds. The van der Waals surface area contributed by atoms with E-state index in [0.717, 1.165) is 39.8 Å². The molecule has 0 aliphatic heterocycles. The number of benzene rings is 3. The molecular formula is C30H28N4O2. The summed E-state index contributed by atoms with van der Waals surface area (Å²) < 4.78 is 7.36. The van der Waals surface area contributed by atoms with Gasteiger partial charge in [0.05, 0.1) is 47.1 Å². The van der Waals surface area contributed by atoms with Crippen molar-refractivity contribution in [3.05, 3.63) is 101 Å². The Morgan fingerprint density at radius 3 is 2.53 bits per heavy atom. The van der Waals surface area contributed by atoms with Crippen molar-refractivity contribution in [3.8, 4) is 22.7 Å². The molecule has 5 aromatic rings. The highest BCUT2D eigenvalue weighted by Crippen LogP contribution is 2.30. The molecule has 2 heterocycles. The van der Waals surface area contributed by atoms with E-state index in [1.54, 1.807) is 7.11 Å². The van der Waals surface area contributed by atoms with Gasteiger partial charge in [0.2, 0.25) is 0 Å². The van der Waals surface area contributed by atoms with Crippen LogP contribution < -0.4 is 10.1 Å². The van der Waals surface area contributed by atoms with Crippen LogP contribution in [-0.4, -0.2) is 27.8 Å². The van der Waals surface area contributed by atoms with Crippen molar-refractivity contribution in [2.45, 2.75) is 27.2 Å². The molecule has 0 aliphatic carbocycles. The Kier molecular flexibility index (Phi) is 6.25. The number of carbonyl (C=O) groups is 1. The van der Waals surface area contributed by atoms with Gasteiger partial charge < -0.3 is 10.1 Å². The second kappa shape index (κ2) is 9.66. The summed E-state index contributed by atoms with van der Waals surface area (Å²) in [6.45, 7) is 6.13. The molecule has 0 saturated carbocycles. The molecule has 0 fully saturated rings. The molecule has 0 aliphatic rings. The van der Waals surface area contributed by atoms with Crippen LogP contribution in [0.4, 0.5) is 5.69 Å². The predicted molar refractivity (Wildman–Crippen MR) is 144 cm³/mol. The largest absolute Gasteiger partial charge is 0.495 e. The molecule has 36 heavy (non-hydrogen) atoms. The summed E-state index contributed by atoms with van der Waals surface area (Å²) >= 11 is 0. The number of anilines is 1.